The molecule has 0 heterocycles. The first-order chi connectivity index (χ1) is 11.5. The van der Waals surface area contributed by atoms with Crippen molar-refractivity contribution in [3.05, 3.63) is 23.8 Å². The zero-order valence-corrected chi connectivity index (χ0v) is 14.8. The lowest BCUT2D eigenvalue weighted by Gasteiger charge is -2.35. The number of carbonyl (C=O) groups excluding carboxylic acids is 2. The molecule has 1 aliphatic carbocycles. The fourth-order valence-electron chi connectivity index (χ4n) is 3.37. The lowest BCUT2D eigenvalue weighted by atomic mass is 9.71. The maximum atomic E-state index is 12.5. The Morgan fingerprint density at radius 1 is 1.12 bits per heavy atom. The zero-order chi connectivity index (χ0) is 17.6. The number of carbonyl (C=O) groups is 2. The lowest BCUT2D eigenvalue weighted by molar-refractivity contribution is -0.119. The molecule has 4 N–H and O–H groups in total. The van der Waals surface area contributed by atoms with Crippen LogP contribution >= 0.6 is 0 Å². The van der Waals surface area contributed by atoms with Crippen molar-refractivity contribution in [2.45, 2.75) is 58.8 Å². The molecular formula is C19H29N3O2. The number of anilines is 2. The number of benzene rings is 1. The van der Waals surface area contributed by atoms with Crippen LogP contribution in [0.1, 0.15) is 57.4 Å². The van der Waals surface area contributed by atoms with Gasteiger partial charge in [0, 0.05) is 24.2 Å². The van der Waals surface area contributed by atoms with Gasteiger partial charge in [0.25, 0.3) is 0 Å². The second kappa shape index (κ2) is 8.29. The summed E-state index contributed by atoms with van der Waals surface area (Å²) < 4.78 is 0. The third kappa shape index (κ3) is 4.81. The fraction of sp³-hybridized carbons (Fsp3) is 0.579. The van der Waals surface area contributed by atoms with Gasteiger partial charge in [0.15, 0.2) is 0 Å². The number of aryl methyl sites for hydroxylation is 1. The molecule has 5 nitrogen and oxygen atoms in total. The Morgan fingerprint density at radius 3 is 2.46 bits per heavy atom. The summed E-state index contributed by atoms with van der Waals surface area (Å²) in [4.78, 5) is 24.1. The summed E-state index contributed by atoms with van der Waals surface area (Å²) >= 11 is 0. The molecule has 2 rings (SSSR count). The fourth-order valence-corrected chi connectivity index (χ4v) is 3.37. The van der Waals surface area contributed by atoms with E-state index in [0.29, 0.717) is 25.1 Å². The standard InChI is InChI=1S/C19H29N3O2/c1-3-17(23)21-15-8-7-14(2)16(11-15)22-18(24)12-19(13-20)9-5-4-6-10-19/h7-8,11H,3-6,9-10,12-13,20H2,1-2H3,(H,21,23)(H,22,24). The van der Waals surface area contributed by atoms with Crippen molar-refractivity contribution in [3.8, 4) is 0 Å². The molecule has 1 saturated carbocycles. The van der Waals surface area contributed by atoms with Crippen LogP contribution in [-0.2, 0) is 9.59 Å². The van der Waals surface area contributed by atoms with Gasteiger partial charge in [-0.1, -0.05) is 32.3 Å². The predicted molar refractivity (Wildman–Crippen MR) is 97.9 cm³/mol. The molecule has 1 aromatic carbocycles. The van der Waals surface area contributed by atoms with Gasteiger partial charge in [-0.25, -0.2) is 0 Å². The van der Waals surface area contributed by atoms with Gasteiger partial charge in [0.2, 0.25) is 11.8 Å². The van der Waals surface area contributed by atoms with Gasteiger partial charge in [-0.05, 0) is 49.4 Å². The topological polar surface area (TPSA) is 84.2 Å². The van der Waals surface area contributed by atoms with Crippen molar-refractivity contribution in [1.82, 2.24) is 0 Å². The Hall–Kier alpha value is -1.88. The van der Waals surface area contributed by atoms with Gasteiger partial charge in [-0.2, -0.15) is 0 Å². The Morgan fingerprint density at radius 2 is 1.83 bits per heavy atom. The van der Waals surface area contributed by atoms with Crippen LogP contribution in [0.15, 0.2) is 18.2 Å². The molecule has 5 heteroatoms. The molecule has 1 aliphatic rings. The summed E-state index contributed by atoms with van der Waals surface area (Å²) in [5, 5.41) is 5.82. The highest BCUT2D eigenvalue weighted by atomic mass is 16.2. The summed E-state index contributed by atoms with van der Waals surface area (Å²) in [6.07, 6.45) is 6.50. The van der Waals surface area contributed by atoms with Crippen molar-refractivity contribution in [1.29, 1.82) is 0 Å². The van der Waals surface area contributed by atoms with Gasteiger partial charge >= 0.3 is 0 Å². The minimum absolute atomic E-state index is 0.00409. The second-order valence-corrected chi connectivity index (χ2v) is 6.92. The van der Waals surface area contributed by atoms with Crippen molar-refractivity contribution in [2.24, 2.45) is 11.1 Å². The number of amides is 2. The van der Waals surface area contributed by atoms with E-state index in [1.807, 2.05) is 32.0 Å². The highest BCUT2D eigenvalue weighted by Crippen LogP contribution is 2.38. The average Bonchev–Trinajstić information content (AvgIpc) is 2.58. The van der Waals surface area contributed by atoms with Crippen LogP contribution in [0.5, 0.6) is 0 Å². The Kier molecular flexibility index (Phi) is 6.37. The van der Waals surface area contributed by atoms with E-state index in [9.17, 15) is 9.59 Å². The zero-order valence-electron chi connectivity index (χ0n) is 14.8. The molecular weight excluding hydrogens is 302 g/mol. The molecule has 0 saturated heterocycles. The van der Waals surface area contributed by atoms with Crippen molar-refractivity contribution < 1.29 is 9.59 Å². The molecule has 1 fully saturated rings. The van der Waals surface area contributed by atoms with Gasteiger partial charge in [0.1, 0.15) is 0 Å². The number of rotatable bonds is 6. The molecule has 0 unspecified atom stereocenters. The van der Waals surface area contributed by atoms with Crippen LogP contribution in [0, 0.1) is 12.3 Å². The Bertz CT molecular complexity index is 592. The number of nitrogens with one attached hydrogen (secondary N) is 2. The normalized spacial score (nSPS) is 16.5. The van der Waals surface area contributed by atoms with E-state index in [2.05, 4.69) is 10.6 Å². The number of nitrogens with two attached hydrogens (primary N) is 1. The van der Waals surface area contributed by atoms with E-state index in [1.54, 1.807) is 0 Å². The van der Waals surface area contributed by atoms with E-state index in [4.69, 9.17) is 5.73 Å². The van der Waals surface area contributed by atoms with Crippen molar-refractivity contribution >= 4 is 23.2 Å². The smallest absolute Gasteiger partial charge is 0.224 e. The minimum atomic E-state index is -0.0513. The van der Waals surface area contributed by atoms with E-state index in [0.717, 1.165) is 36.9 Å². The van der Waals surface area contributed by atoms with Gasteiger partial charge in [-0.3, -0.25) is 9.59 Å². The van der Waals surface area contributed by atoms with E-state index in [1.165, 1.54) is 6.42 Å². The Balaban J connectivity index is 2.04. The van der Waals surface area contributed by atoms with Gasteiger partial charge in [0.05, 0.1) is 0 Å². The summed E-state index contributed by atoms with van der Waals surface area (Å²) in [6, 6.07) is 5.57. The molecule has 0 atom stereocenters. The van der Waals surface area contributed by atoms with Crippen molar-refractivity contribution in [2.75, 3.05) is 17.2 Å². The number of hydrogen-bond donors (Lipinski definition) is 3. The second-order valence-electron chi connectivity index (χ2n) is 6.92. The van der Waals surface area contributed by atoms with Crippen molar-refractivity contribution in [3.63, 3.8) is 0 Å². The summed E-state index contributed by atoms with van der Waals surface area (Å²) in [6.45, 7) is 4.31. The first-order valence-corrected chi connectivity index (χ1v) is 8.88. The molecule has 0 spiro atoms. The highest BCUT2D eigenvalue weighted by Gasteiger charge is 2.33. The van der Waals surface area contributed by atoms with E-state index < -0.39 is 0 Å². The maximum absolute atomic E-state index is 12.5. The molecule has 1 aromatic rings. The lowest BCUT2D eigenvalue weighted by Crippen LogP contribution is -2.36. The molecule has 0 bridgehead atoms. The van der Waals surface area contributed by atoms with Crippen LogP contribution in [0.4, 0.5) is 11.4 Å². The van der Waals surface area contributed by atoms with Gasteiger partial charge in [-0.15, -0.1) is 0 Å². The van der Waals surface area contributed by atoms with Crippen LogP contribution < -0.4 is 16.4 Å². The van der Waals surface area contributed by atoms with Gasteiger partial charge < -0.3 is 16.4 Å². The van der Waals surface area contributed by atoms with Crippen LogP contribution in [0.25, 0.3) is 0 Å². The molecule has 0 aliphatic heterocycles. The van der Waals surface area contributed by atoms with Crippen LogP contribution in [-0.4, -0.2) is 18.4 Å². The SMILES string of the molecule is CCC(=O)Nc1ccc(C)c(NC(=O)CC2(CN)CCCCC2)c1. The monoisotopic (exact) mass is 331 g/mol. The summed E-state index contributed by atoms with van der Waals surface area (Å²) in [5.74, 6) is -0.0372. The summed E-state index contributed by atoms with van der Waals surface area (Å²) in [5.41, 5.74) is 8.35. The highest BCUT2D eigenvalue weighted by molar-refractivity contribution is 5.94. The molecule has 132 valence electrons. The summed E-state index contributed by atoms with van der Waals surface area (Å²) in [7, 11) is 0. The largest absolute Gasteiger partial charge is 0.330 e. The Labute approximate surface area is 144 Å². The van der Waals surface area contributed by atoms with E-state index >= 15 is 0 Å². The molecule has 0 radical (unpaired) electrons. The van der Waals surface area contributed by atoms with Crippen LogP contribution in [0.3, 0.4) is 0 Å². The third-order valence-corrected chi connectivity index (χ3v) is 5.00. The maximum Gasteiger partial charge on any atom is 0.224 e. The molecule has 24 heavy (non-hydrogen) atoms. The molecule has 2 amide bonds. The predicted octanol–water partition coefficient (Wildman–Crippen LogP) is 3.58. The van der Waals surface area contributed by atoms with E-state index in [-0.39, 0.29) is 17.2 Å². The minimum Gasteiger partial charge on any atom is -0.330 e. The first kappa shape index (κ1) is 18.5. The van der Waals surface area contributed by atoms with Crippen LogP contribution in [0.2, 0.25) is 0 Å². The third-order valence-electron chi connectivity index (χ3n) is 5.00. The number of hydrogen-bond acceptors (Lipinski definition) is 3. The quantitative estimate of drug-likeness (QED) is 0.745. The average molecular weight is 331 g/mol. The molecule has 0 aromatic heterocycles. The first-order valence-electron chi connectivity index (χ1n) is 8.88.